The van der Waals surface area contributed by atoms with Gasteiger partial charge in [0, 0.05) is 0 Å². The fourth-order valence-corrected chi connectivity index (χ4v) is 4.28. The molecule has 0 N–H and O–H groups in total. The number of nitrogens with zero attached hydrogens (tertiary/aromatic N) is 1. The van der Waals surface area contributed by atoms with Crippen LogP contribution in [0.2, 0.25) is 0 Å². The largest absolute Gasteiger partial charge is 0.283 e. The third-order valence-electron chi connectivity index (χ3n) is 3.78. The third-order valence-corrected chi connectivity index (χ3v) is 5.99. The highest BCUT2D eigenvalue weighted by Crippen LogP contribution is 2.19. The number of thioether (sulfide) groups is 1. The van der Waals surface area contributed by atoms with Crippen LogP contribution in [0.4, 0.5) is 0 Å². The number of rotatable bonds is 6. The van der Waals surface area contributed by atoms with Gasteiger partial charge in [-0.2, -0.15) is 12.8 Å². The van der Waals surface area contributed by atoms with Crippen molar-refractivity contribution in [1.82, 2.24) is 0 Å². The summed E-state index contributed by atoms with van der Waals surface area (Å²) in [5.41, 5.74) is 3.17. The van der Waals surface area contributed by atoms with E-state index in [0.29, 0.717) is 5.04 Å². The molecule has 0 unspecified atom stereocenters. The van der Waals surface area contributed by atoms with E-state index in [9.17, 15) is 8.42 Å². The molecule has 0 atom stereocenters. The Morgan fingerprint density at radius 3 is 2.32 bits per heavy atom. The summed E-state index contributed by atoms with van der Waals surface area (Å²) in [7, 11) is -3.68. The van der Waals surface area contributed by atoms with E-state index in [1.54, 1.807) is 24.3 Å². The molecule has 0 amide bonds. The molecule has 0 spiro atoms. The number of hydrogen-bond acceptors (Lipinski definition) is 3. The second-order valence-electron chi connectivity index (χ2n) is 5.80. The Kier molecular flexibility index (Phi) is 7.02. The van der Waals surface area contributed by atoms with E-state index in [1.807, 2.05) is 44.4 Å². The van der Waals surface area contributed by atoms with Crippen molar-refractivity contribution in [2.45, 2.75) is 31.6 Å². The monoisotopic (exact) mass is 373 g/mol. The zero-order chi connectivity index (χ0) is 18.3. The van der Waals surface area contributed by atoms with Crippen molar-refractivity contribution in [3.05, 3.63) is 77.4 Å². The Hall–Kier alpha value is -1.85. The minimum atomic E-state index is -3.68. The molecule has 0 heterocycles. The molecule has 132 valence electrons. The summed E-state index contributed by atoms with van der Waals surface area (Å²) in [6.07, 6.45) is 5.66. The van der Waals surface area contributed by atoms with Gasteiger partial charge in [-0.1, -0.05) is 54.1 Å². The predicted molar refractivity (Wildman–Crippen MR) is 108 cm³/mol. The van der Waals surface area contributed by atoms with Crippen LogP contribution in [0.25, 0.3) is 0 Å². The van der Waals surface area contributed by atoms with Crippen LogP contribution < -0.4 is 0 Å². The molecular formula is C20H23NO2S2. The molecule has 3 nitrogen and oxygen atoms in total. The number of allylic oxidation sites excluding steroid dienone is 1. The van der Waals surface area contributed by atoms with Gasteiger partial charge in [0.15, 0.2) is 0 Å². The van der Waals surface area contributed by atoms with Gasteiger partial charge in [0.2, 0.25) is 0 Å². The van der Waals surface area contributed by atoms with Crippen LogP contribution in [0, 0.1) is 6.92 Å². The molecule has 2 aromatic rings. The summed E-state index contributed by atoms with van der Waals surface area (Å²) in [6.45, 7) is 3.83. The normalized spacial score (nSPS) is 13.1. The molecule has 0 aromatic heterocycles. The lowest BCUT2D eigenvalue weighted by atomic mass is 10.1. The fraction of sp³-hybridized carbons (Fsp3) is 0.250. The number of hydrogen-bond donors (Lipinski definition) is 0. The molecule has 0 saturated heterocycles. The molecule has 25 heavy (non-hydrogen) atoms. The van der Waals surface area contributed by atoms with Crippen LogP contribution >= 0.6 is 11.8 Å². The number of sulfonamides is 1. The highest BCUT2D eigenvalue weighted by Gasteiger charge is 2.14. The van der Waals surface area contributed by atoms with Crippen LogP contribution in [0.1, 0.15) is 24.5 Å². The Morgan fingerprint density at radius 1 is 1.08 bits per heavy atom. The van der Waals surface area contributed by atoms with Gasteiger partial charge in [0.1, 0.15) is 5.04 Å². The smallest absolute Gasteiger partial charge is 0.199 e. The first-order valence-corrected chi connectivity index (χ1v) is 10.8. The summed E-state index contributed by atoms with van der Waals surface area (Å²) < 4.78 is 29.0. The van der Waals surface area contributed by atoms with E-state index in [-0.39, 0.29) is 4.90 Å². The van der Waals surface area contributed by atoms with E-state index >= 15 is 0 Å². The van der Waals surface area contributed by atoms with Crippen LogP contribution in [0.15, 0.2) is 75.5 Å². The third kappa shape index (κ3) is 5.87. The number of aryl methyl sites for hydroxylation is 2. The molecule has 0 aliphatic carbocycles. The summed E-state index contributed by atoms with van der Waals surface area (Å²) in [4.78, 5) is 0.224. The first-order chi connectivity index (χ1) is 11.9. The van der Waals surface area contributed by atoms with Gasteiger partial charge in [-0.15, -0.1) is 11.8 Å². The molecule has 0 fully saturated rings. The van der Waals surface area contributed by atoms with Gasteiger partial charge >= 0.3 is 0 Å². The molecule has 2 rings (SSSR count). The zero-order valence-electron chi connectivity index (χ0n) is 14.8. The molecular weight excluding hydrogens is 350 g/mol. The minimum Gasteiger partial charge on any atom is -0.199 e. The fourth-order valence-electron chi connectivity index (χ4n) is 2.33. The van der Waals surface area contributed by atoms with Gasteiger partial charge in [-0.3, -0.25) is 0 Å². The molecule has 0 aliphatic rings. The van der Waals surface area contributed by atoms with Crippen LogP contribution in [-0.4, -0.2) is 19.7 Å². The Labute approximate surface area is 154 Å². The van der Waals surface area contributed by atoms with Gasteiger partial charge in [0.25, 0.3) is 10.0 Å². The maximum absolute atomic E-state index is 12.5. The van der Waals surface area contributed by atoms with Crippen LogP contribution in [-0.2, 0) is 16.4 Å². The average molecular weight is 374 g/mol. The summed E-state index contributed by atoms with van der Waals surface area (Å²) in [5, 5.41) is 0.536. The van der Waals surface area contributed by atoms with Crippen LogP contribution in [0.3, 0.4) is 0 Å². The summed E-state index contributed by atoms with van der Waals surface area (Å²) in [5.74, 6) is 0. The quantitative estimate of drug-likeness (QED) is 0.527. The van der Waals surface area contributed by atoms with Gasteiger partial charge in [0.05, 0.1) is 4.90 Å². The predicted octanol–water partition coefficient (Wildman–Crippen LogP) is 5.02. The second-order valence-corrected chi connectivity index (χ2v) is 8.20. The highest BCUT2D eigenvalue weighted by atomic mass is 32.2. The Morgan fingerprint density at radius 2 is 1.72 bits per heavy atom. The average Bonchev–Trinajstić information content (AvgIpc) is 2.61. The standard InChI is InChI=1S/C20H23NO2S2/c1-16-12-14-19(15-13-16)25(22,23)21-20(24-3)17(2)8-7-11-18-9-5-4-6-10-18/h4-6,8-10,12-15H,7,11H2,1-3H3/b17-8+,21-20+. The van der Waals surface area contributed by atoms with Gasteiger partial charge in [-0.05, 0) is 56.2 Å². The SMILES string of the molecule is CSC(=N/S(=O)(=O)c1ccc(C)cc1)/C(C)=C/CCc1ccccc1. The molecule has 0 radical (unpaired) electrons. The van der Waals surface area contributed by atoms with Crippen molar-refractivity contribution in [3.8, 4) is 0 Å². The first kappa shape index (κ1) is 19.5. The molecule has 5 heteroatoms. The van der Waals surface area contributed by atoms with E-state index in [0.717, 1.165) is 24.0 Å². The van der Waals surface area contributed by atoms with E-state index in [2.05, 4.69) is 16.5 Å². The van der Waals surface area contributed by atoms with Gasteiger partial charge < -0.3 is 0 Å². The first-order valence-electron chi connectivity index (χ1n) is 8.09. The van der Waals surface area contributed by atoms with E-state index < -0.39 is 10.0 Å². The molecule has 0 bridgehead atoms. The van der Waals surface area contributed by atoms with Crippen molar-refractivity contribution in [2.24, 2.45) is 4.40 Å². The van der Waals surface area contributed by atoms with Crippen molar-refractivity contribution in [1.29, 1.82) is 0 Å². The van der Waals surface area contributed by atoms with Gasteiger partial charge in [-0.25, -0.2) is 0 Å². The maximum Gasteiger partial charge on any atom is 0.283 e. The molecule has 2 aromatic carbocycles. The zero-order valence-corrected chi connectivity index (χ0v) is 16.4. The van der Waals surface area contributed by atoms with Crippen LogP contribution in [0.5, 0.6) is 0 Å². The maximum atomic E-state index is 12.5. The minimum absolute atomic E-state index is 0.224. The van der Waals surface area contributed by atoms with Crippen molar-refractivity contribution >= 4 is 26.8 Å². The Bertz CT molecular complexity index is 852. The molecule has 0 saturated carbocycles. The summed E-state index contributed by atoms with van der Waals surface area (Å²) >= 11 is 1.35. The van der Waals surface area contributed by atoms with E-state index in [4.69, 9.17) is 0 Å². The number of benzene rings is 2. The topological polar surface area (TPSA) is 46.5 Å². The lowest BCUT2D eigenvalue weighted by Gasteiger charge is -2.06. The Balaban J connectivity index is 2.14. The van der Waals surface area contributed by atoms with Crippen molar-refractivity contribution in [2.75, 3.05) is 6.26 Å². The lowest BCUT2D eigenvalue weighted by molar-refractivity contribution is 0.598. The summed E-state index contributed by atoms with van der Waals surface area (Å²) in [6, 6.07) is 17.0. The second kappa shape index (κ2) is 9.02. The highest BCUT2D eigenvalue weighted by molar-refractivity contribution is 8.14. The molecule has 0 aliphatic heterocycles. The lowest BCUT2D eigenvalue weighted by Crippen LogP contribution is -2.03. The van der Waals surface area contributed by atoms with Crippen molar-refractivity contribution in [3.63, 3.8) is 0 Å². The van der Waals surface area contributed by atoms with Crippen molar-refractivity contribution < 1.29 is 8.42 Å². The van der Waals surface area contributed by atoms with E-state index in [1.165, 1.54) is 17.3 Å².